The zero-order valence-corrected chi connectivity index (χ0v) is 14.1. The summed E-state index contributed by atoms with van der Waals surface area (Å²) in [5.74, 6) is -2.13. The monoisotopic (exact) mass is 372 g/mol. The molecule has 0 bridgehead atoms. The number of nitrogens with two attached hydrogens (primary N) is 1. The first-order valence-corrected chi connectivity index (χ1v) is 8.06. The molecule has 1 fully saturated rings. The van der Waals surface area contributed by atoms with E-state index < -0.39 is 41.5 Å². The molecule has 1 aromatic rings. The SMILES string of the molecule is C[C@@H](OC(=O)C1CCN(C(=O)c2ccc(C(F)(F)F)cc2)CC1)C(N)=O. The van der Waals surface area contributed by atoms with Crippen LogP contribution in [-0.4, -0.2) is 41.9 Å². The van der Waals surface area contributed by atoms with Crippen LogP contribution >= 0.6 is 0 Å². The minimum atomic E-state index is -4.46. The smallest absolute Gasteiger partial charge is 0.416 e. The Morgan fingerprint density at radius 1 is 1.15 bits per heavy atom. The summed E-state index contributed by atoms with van der Waals surface area (Å²) in [5.41, 5.74) is 4.37. The molecule has 142 valence electrons. The molecule has 0 radical (unpaired) electrons. The largest absolute Gasteiger partial charge is 0.452 e. The van der Waals surface area contributed by atoms with Crippen molar-refractivity contribution in [3.8, 4) is 0 Å². The van der Waals surface area contributed by atoms with Crippen molar-refractivity contribution in [1.82, 2.24) is 4.90 Å². The summed E-state index contributed by atoms with van der Waals surface area (Å²) >= 11 is 0. The normalized spacial score (nSPS) is 16.8. The molecule has 2 rings (SSSR count). The van der Waals surface area contributed by atoms with E-state index in [1.165, 1.54) is 11.8 Å². The van der Waals surface area contributed by atoms with Crippen LogP contribution in [0.5, 0.6) is 0 Å². The Bertz CT molecular complexity index is 680. The first-order valence-electron chi connectivity index (χ1n) is 8.06. The van der Waals surface area contributed by atoms with Crippen molar-refractivity contribution >= 4 is 17.8 Å². The highest BCUT2D eigenvalue weighted by atomic mass is 19.4. The Balaban J connectivity index is 1.92. The number of amides is 2. The molecule has 1 aromatic carbocycles. The summed E-state index contributed by atoms with van der Waals surface area (Å²) < 4.78 is 42.7. The third-order valence-electron chi connectivity index (χ3n) is 4.27. The Morgan fingerprint density at radius 2 is 1.69 bits per heavy atom. The van der Waals surface area contributed by atoms with Crippen molar-refractivity contribution in [2.45, 2.75) is 32.0 Å². The zero-order valence-electron chi connectivity index (χ0n) is 14.1. The van der Waals surface area contributed by atoms with Crippen molar-refractivity contribution in [3.05, 3.63) is 35.4 Å². The Hall–Kier alpha value is -2.58. The molecule has 2 N–H and O–H groups in total. The lowest BCUT2D eigenvalue weighted by Crippen LogP contribution is -2.42. The molecule has 0 spiro atoms. The maximum Gasteiger partial charge on any atom is 0.416 e. The van der Waals surface area contributed by atoms with E-state index in [-0.39, 0.29) is 18.7 Å². The number of esters is 1. The van der Waals surface area contributed by atoms with Gasteiger partial charge in [-0.05, 0) is 44.0 Å². The number of primary amides is 1. The van der Waals surface area contributed by atoms with Gasteiger partial charge in [-0.3, -0.25) is 14.4 Å². The number of ether oxygens (including phenoxy) is 1. The van der Waals surface area contributed by atoms with Crippen LogP contribution in [0.25, 0.3) is 0 Å². The second kappa shape index (κ2) is 7.76. The minimum absolute atomic E-state index is 0.154. The van der Waals surface area contributed by atoms with Gasteiger partial charge in [0.05, 0.1) is 11.5 Å². The molecule has 1 saturated heterocycles. The van der Waals surface area contributed by atoms with Crippen LogP contribution in [-0.2, 0) is 20.5 Å². The molecule has 2 amide bonds. The molecule has 1 atom stereocenters. The van der Waals surface area contributed by atoms with Gasteiger partial charge in [0.2, 0.25) is 0 Å². The third kappa shape index (κ3) is 4.74. The highest BCUT2D eigenvalue weighted by Gasteiger charge is 2.32. The molecule has 1 aliphatic heterocycles. The van der Waals surface area contributed by atoms with E-state index in [1.807, 2.05) is 0 Å². The molecule has 26 heavy (non-hydrogen) atoms. The predicted molar refractivity (Wildman–Crippen MR) is 84.8 cm³/mol. The standard InChI is InChI=1S/C17H19F3N2O4/c1-10(14(21)23)26-16(25)12-6-8-22(9-7-12)15(24)11-2-4-13(5-3-11)17(18,19)20/h2-5,10,12H,6-9H2,1H3,(H2,21,23)/t10-/m1/s1. The van der Waals surface area contributed by atoms with Crippen molar-refractivity contribution < 1.29 is 32.3 Å². The van der Waals surface area contributed by atoms with Crippen LogP contribution in [0.15, 0.2) is 24.3 Å². The fraction of sp³-hybridized carbons (Fsp3) is 0.471. The van der Waals surface area contributed by atoms with Crippen LogP contribution in [0, 0.1) is 5.92 Å². The predicted octanol–water partition coefficient (Wildman–Crippen LogP) is 1.97. The lowest BCUT2D eigenvalue weighted by molar-refractivity contribution is -0.159. The number of carbonyl (C=O) groups excluding carboxylic acids is 3. The van der Waals surface area contributed by atoms with Gasteiger partial charge in [-0.15, -0.1) is 0 Å². The van der Waals surface area contributed by atoms with Crippen molar-refractivity contribution in [2.75, 3.05) is 13.1 Å². The van der Waals surface area contributed by atoms with Crippen LogP contribution in [0.3, 0.4) is 0 Å². The van der Waals surface area contributed by atoms with E-state index in [0.29, 0.717) is 12.8 Å². The maximum absolute atomic E-state index is 12.6. The number of alkyl halides is 3. The average molecular weight is 372 g/mol. The van der Waals surface area contributed by atoms with Gasteiger partial charge in [-0.25, -0.2) is 0 Å². The summed E-state index contributed by atoms with van der Waals surface area (Å²) in [5, 5.41) is 0. The van der Waals surface area contributed by atoms with Gasteiger partial charge >= 0.3 is 12.1 Å². The van der Waals surface area contributed by atoms with Gasteiger partial charge in [0.1, 0.15) is 0 Å². The van der Waals surface area contributed by atoms with Gasteiger partial charge in [0.25, 0.3) is 11.8 Å². The lowest BCUT2D eigenvalue weighted by Gasteiger charge is -2.31. The van der Waals surface area contributed by atoms with Crippen LogP contribution in [0.1, 0.15) is 35.7 Å². The molecular formula is C17H19F3N2O4. The van der Waals surface area contributed by atoms with Crippen molar-refractivity contribution in [2.24, 2.45) is 11.7 Å². The summed E-state index contributed by atoms with van der Waals surface area (Å²) in [6.45, 7) is 1.92. The van der Waals surface area contributed by atoms with E-state index in [1.54, 1.807) is 0 Å². The van der Waals surface area contributed by atoms with Crippen molar-refractivity contribution in [3.63, 3.8) is 0 Å². The van der Waals surface area contributed by atoms with Crippen LogP contribution in [0.4, 0.5) is 13.2 Å². The molecule has 9 heteroatoms. The van der Waals surface area contributed by atoms with Gasteiger partial charge < -0.3 is 15.4 Å². The van der Waals surface area contributed by atoms with Gasteiger partial charge in [-0.1, -0.05) is 0 Å². The topological polar surface area (TPSA) is 89.7 Å². The number of nitrogens with zero attached hydrogens (tertiary/aromatic N) is 1. The van der Waals surface area contributed by atoms with Gasteiger partial charge in [0, 0.05) is 18.7 Å². The van der Waals surface area contributed by atoms with Crippen molar-refractivity contribution in [1.29, 1.82) is 0 Å². The molecule has 1 aliphatic rings. The van der Waals surface area contributed by atoms with Crippen LogP contribution in [0.2, 0.25) is 0 Å². The maximum atomic E-state index is 12.6. The molecule has 0 saturated carbocycles. The van der Waals surface area contributed by atoms with E-state index >= 15 is 0 Å². The lowest BCUT2D eigenvalue weighted by atomic mass is 9.96. The highest BCUT2D eigenvalue weighted by Crippen LogP contribution is 2.29. The number of benzene rings is 1. The quantitative estimate of drug-likeness (QED) is 0.819. The molecule has 1 heterocycles. The molecular weight excluding hydrogens is 353 g/mol. The van der Waals surface area contributed by atoms with E-state index in [2.05, 4.69) is 0 Å². The molecule has 0 aromatic heterocycles. The minimum Gasteiger partial charge on any atom is -0.452 e. The highest BCUT2D eigenvalue weighted by molar-refractivity contribution is 5.94. The Morgan fingerprint density at radius 3 is 2.15 bits per heavy atom. The van der Waals surface area contributed by atoms with Gasteiger partial charge in [0.15, 0.2) is 6.10 Å². The number of halogens is 3. The first kappa shape index (κ1) is 19.7. The second-order valence-electron chi connectivity index (χ2n) is 6.12. The summed E-state index contributed by atoms with van der Waals surface area (Å²) in [6, 6.07) is 4.01. The Labute approximate surface area is 148 Å². The first-order chi connectivity index (χ1) is 12.1. The Kier molecular flexibility index (Phi) is 5.89. The van der Waals surface area contributed by atoms with Crippen LogP contribution < -0.4 is 5.73 Å². The summed E-state index contributed by atoms with van der Waals surface area (Å²) in [6.07, 6.45) is -4.79. The number of carbonyl (C=O) groups is 3. The summed E-state index contributed by atoms with van der Waals surface area (Å²) in [7, 11) is 0. The molecule has 0 aliphatic carbocycles. The zero-order chi connectivity index (χ0) is 19.5. The average Bonchev–Trinajstić information content (AvgIpc) is 2.60. The van der Waals surface area contributed by atoms with E-state index in [4.69, 9.17) is 10.5 Å². The molecule has 6 nitrogen and oxygen atoms in total. The summed E-state index contributed by atoms with van der Waals surface area (Å²) in [4.78, 5) is 36.7. The number of rotatable bonds is 4. The number of piperidine rings is 1. The fourth-order valence-corrected chi connectivity index (χ4v) is 2.63. The number of likely N-dealkylation sites (tertiary alicyclic amines) is 1. The van der Waals surface area contributed by atoms with E-state index in [0.717, 1.165) is 24.3 Å². The number of hydrogen-bond acceptors (Lipinski definition) is 4. The van der Waals surface area contributed by atoms with E-state index in [9.17, 15) is 27.6 Å². The third-order valence-corrected chi connectivity index (χ3v) is 4.27. The fourth-order valence-electron chi connectivity index (χ4n) is 2.63. The number of hydrogen-bond donors (Lipinski definition) is 1. The van der Waals surface area contributed by atoms with Gasteiger partial charge in [-0.2, -0.15) is 13.2 Å². The second-order valence-corrected chi connectivity index (χ2v) is 6.12. The molecule has 0 unspecified atom stereocenters.